The van der Waals surface area contributed by atoms with E-state index in [-0.39, 0.29) is 23.7 Å². The van der Waals surface area contributed by atoms with Crippen LogP contribution in [-0.4, -0.2) is 11.7 Å². The van der Waals surface area contributed by atoms with E-state index in [2.05, 4.69) is 5.32 Å². The van der Waals surface area contributed by atoms with Crippen LogP contribution in [0.5, 0.6) is 0 Å². The van der Waals surface area contributed by atoms with Crippen LogP contribution in [0, 0.1) is 24.7 Å². The first-order valence-corrected chi connectivity index (χ1v) is 7.55. The second-order valence-electron chi connectivity index (χ2n) is 6.25. The highest BCUT2D eigenvalue weighted by molar-refractivity contribution is 5.95. The molecule has 20 heavy (non-hydrogen) atoms. The van der Waals surface area contributed by atoms with Crippen molar-refractivity contribution in [3.05, 3.63) is 29.8 Å². The molecule has 1 N–H and O–H groups in total. The van der Waals surface area contributed by atoms with Gasteiger partial charge in [-0.2, -0.15) is 0 Å². The van der Waals surface area contributed by atoms with Crippen LogP contribution in [0.4, 0.5) is 5.69 Å². The predicted octanol–water partition coefficient (Wildman–Crippen LogP) is 3.33. The zero-order valence-electron chi connectivity index (χ0n) is 11.9. The van der Waals surface area contributed by atoms with Crippen LogP contribution in [0.3, 0.4) is 0 Å². The third-order valence-electron chi connectivity index (χ3n) is 4.70. The minimum Gasteiger partial charge on any atom is -0.326 e. The van der Waals surface area contributed by atoms with E-state index in [1.165, 1.54) is 0 Å². The topological polar surface area (TPSA) is 46.2 Å². The van der Waals surface area contributed by atoms with E-state index < -0.39 is 0 Å². The Kier molecular flexibility index (Phi) is 3.60. The van der Waals surface area contributed by atoms with Crippen molar-refractivity contribution in [2.24, 2.45) is 17.8 Å². The summed E-state index contributed by atoms with van der Waals surface area (Å²) in [6.45, 7) is 2.01. The Balaban J connectivity index is 1.67. The molecule has 0 radical (unpaired) electrons. The molecule has 2 aliphatic rings. The van der Waals surface area contributed by atoms with E-state index in [1.54, 1.807) is 0 Å². The molecule has 106 valence electrons. The molecule has 0 aliphatic heterocycles. The molecule has 3 nitrogen and oxygen atoms in total. The lowest BCUT2D eigenvalue weighted by atomic mass is 9.67. The number of anilines is 1. The van der Waals surface area contributed by atoms with Crippen molar-refractivity contribution < 1.29 is 9.59 Å². The van der Waals surface area contributed by atoms with Crippen LogP contribution in [-0.2, 0) is 9.59 Å². The summed E-state index contributed by atoms with van der Waals surface area (Å²) < 4.78 is 0. The Morgan fingerprint density at radius 3 is 2.55 bits per heavy atom. The molecule has 0 saturated heterocycles. The molecule has 2 saturated carbocycles. The van der Waals surface area contributed by atoms with Gasteiger partial charge in [0.25, 0.3) is 0 Å². The van der Waals surface area contributed by atoms with Gasteiger partial charge in [-0.25, -0.2) is 0 Å². The summed E-state index contributed by atoms with van der Waals surface area (Å²) in [6.07, 6.45) is 4.58. The van der Waals surface area contributed by atoms with Crippen LogP contribution in [0.15, 0.2) is 24.3 Å². The van der Waals surface area contributed by atoms with Gasteiger partial charge in [0.05, 0.1) is 0 Å². The molecule has 2 atom stereocenters. The van der Waals surface area contributed by atoms with Crippen molar-refractivity contribution in [2.75, 3.05) is 5.32 Å². The molecule has 1 aromatic carbocycles. The maximum Gasteiger partial charge on any atom is 0.227 e. The minimum atomic E-state index is 0.00325. The molecule has 2 aliphatic carbocycles. The van der Waals surface area contributed by atoms with Crippen molar-refractivity contribution in [2.45, 2.75) is 39.0 Å². The summed E-state index contributed by atoms with van der Waals surface area (Å²) in [4.78, 5) is 24.4. The maximum atomic E-state index is 12.4. The number of carbonyl (C=O) groups is 2. The number of fused-ring (bicyclic) bond motifs is 2. The SMILES string of the molecule is Cc1cccc(NC(=O)C2CC3CCCC(C2)C3=O)c1. The zero-order chi connectivity index (χ0) is 14.1. The molecule has 2 fully saturated rings. The number of rotatable bonds is 2. The highest BCUT2D eigenvalue weighted by Gasteiger charge is 2.41. The number of nitrogens with one attached hydrogen (secondary N) is 1. The molecule has 0 spiro atoms. The van der Waals surface area contributed by atoms with Crippen molar-refractivity contribution in [1.29, 1.82) is 0 Å². The summed E-state index contributed by atoms with van der Waals surface area (Å²) in [6, 6.07) is 7.86. The van der Waals surface area contributed by atoms with Gasteiger partial charge in [-0.15, -0.1) is 0 Å². The van der Waals surface area contributed by atoms with Crippen LogP contribution in [0.25, 0.3) is 0 Å². The molecular formula is C17H21NO2. The number of amides is 1. The molecule has 1 aromatic rings. The first kappa shape index (κ1) is 13.3. The van der Waals surface area contributed by atoms with Crippen LogP contribution in [0.2, 0.25) is 0 Å². The maximum absolute atomic E-state index is 12.4. The number of carbonyl (C=O) groups excluding carboxylic acids is 2. The van der Waals surface area contributed by atoms with E-state index in [0.717, 1.165) is 43.4 Å². The van der Waals surface area contributed by atoms with Crippen molar-refractivity contribution >= 4 is 17.4 Å². The second kappa shape index (κ2) is 5.39. The Hall–Kier alpha value is -1.64. The number of Topliss-reactive ketones (excluding diaryl/α,β-unsaturated/α-hetero) is 1. The van der Waals surface area contributed by atoms with Gasteiger partial charge in [0.1, 0.15) is 5.78 Å². The summed E-state index contributed by atoms with van der Waals surface area (Å²) >= 11 is 0. The zero-order valence-corrected chi connectivity index (χ0v) is 11.9. The Labute approximate surface area is 119 Å². The largest absolute Gasteiger partial charge is 0.326 e. The predicted molar refractivity (Wildman–Crippen MR) is 78.4 cm³/mol. The lowest BCUT2D eigenvalue weighted by molar-refractivity contribution is -0.136. The fourth-order valence-corrected chi connectivity index (χ4v) is 3.66. The van der Waals surface area contributed by atoms with Gasteiger partial charge in [0.2, 0.25) is 5.91 Å². The molecule has 3 rings (SSSR count). The van der Waals surface area contributed by atoms with Crippen molar-refractivity contribution in [3.63, 3.8) is 0 Å². The summed E-state index contributed by atoms with van der Waals surface area (Å²) in [7, 11) is 0. The Bertz CT molecular complexity index is 522. The fraction of sp³-hybridized carbons (Fsp3) is 0.529. The molecule has 0 aromatic heterocycles. The van der Waals surface area contributed by atoms with Crippen molar-refractivity contribution in [3.8, 4) is 0 Å². The normalized spacial score (nSPS) is 29.1. The summed E-state index contributed by atoms with van der Waals surface area (Å²) in [5.74, 6) is 0.769. The number of aryl methyl sites for hydroxylation is 1. The summed E-state index contributed by atoms with van der Waals surface area (Å²) in [5, 5.41) is 3.01. The number of hydrogen-bond donors (Lipinski definition) is 1. The lowest BCUT2D eigenvalue weighted by Crippen LogP contribution is -2.40. The average Bonchev–Trinajstić information content (AvgIpc) is 2.38. The van der Waals surface area contributed by atoms with E-state index in [4.69, 9.17) is 0 Å². The average molecular weight is 271 g/mol. The highest BCUT2D eigenvalue weighted by atomic mass is 16.2. The van der Waals surface area contributed by atoms with Gasteiger partial charge in [-0.3, -0.25) is 9.59 Å². The molecule has 2 bridgehead atoms. The highest BCUT2D eigenvalue weighted by Crippen LogP contribution is 2.40. The van der Waals surface area contributed by atoms with E-state index >= 15 is 0 Å². The number of benzene rings is 1. The fourth-order valence-electron chi connectivity index (χ4n) is 3.66. The lowest BCUT2D eigenvalue weighted by Gasteiger charge is -2.36. The van der Waals surface area contributed by atoms with E-state index in [0.29, 0.717) is 5.78 Å². The molecule has 2 unspecified atom stereocenters. The quantitative estimate of drug-likeness (QED) is 0.896. The van der Waals surface area contributed by atoms with Crippen molar-refractivity contribution in [1.82, 2.24) is 0 Å². The van der Waals surface area contributed by atoms with Gasteiger partial charge in [0.15, 0.2) is 0 Å². The van der Waals surface area contributed by atoms with E-state index in [9.17, 15) is 9.59 Å². The van der Waals surface area contributed by atoms with Gasteiger partial charge in [0, 0.05) is 23.4 Å². The third-order valence-corrected chi connectivity index (χ3v) is 4.70. The Morgan fingerprint density at radius 1 is 1.20 bits per heavy atom. The van der Waals surface area contributed by atoms with Gasteiger partial charge in [-0.1, -0.05) is 18.6 Å². The van der Waals surface area contributed by atoms with Gasteiger partial charge < -0.3 is 5.32 Å². The third kappa shape index (κ3) is 2.62. The number of ketones is 1. The Morgan fingerprint density at radius 2 is 1.90 bits per heavy atom. The smallest absolute Gasteiger partial charge is 0.227 e. The van der Waals surface area contributed by atoms with E-state index in [1.807, 2.05) is 31.2 Å². The van der Waals surface area contributed by atoms with Crippen LogP contribution in [0.1, 0.15) is 37.7 Å². The molecule has 1 amide bonds. The first-order chi connectivity index (χ1) is 9.63. The molecule has 0 heterocycles. The monoisotopic (exact) mass is 271 g/mol. The van der Waals surface area contributed by atoms with Crippen LogP contribution >= 0.6 is 0 Å². The van der Waals surface area contributed by atoms with Crippen LogP contribution < -0.4 is 5.32 Å². The number of hydrogen-bond acceptors (Lipinski definition) is 2. The molecular weight excluding hydrogens is 250 g/mol. The molecule has 3 heteroatoms. The minimum absolute atomic E-state index is 0.00325. The van der Waals surface area contributed by atoms with Gasteiger partial charge >= 0.3 is 0 Å². The van der Waals surface area contributed by atoms with Gasteiger partial charge in [-0.05, 0) is 50.3 Å². The second-order valence-corrected chi connectivity index (χ2v) is 6.25. The first-order valence-electron chi connectivity index (χ1n) is 7.55. The summed E-state index contributed by atoms with van der Waals surface area (Å²) in [5.41, 5.74) is 2.00. The standard InChI is InChI=1S/C17H21NO2/c1-11-4-2-7-15(8-11)18-17(20)14-9-12-5-3-6-13(10-14)16(12)19/h2,4,7-8,12-14H,3,5-6,9-10H2,1H3,(H,18,20).